The van der Waals surface area contributed by atoms with Gasteiger partial charge in [0.1, 0.15) is 5.82 Å². The lowest BCUT2D eigenvalue weighted by atomic mass is 9.78. The van der Waals surface area contributed by atoms with Crippen molar-refractivity contribution in [3.63, 3.8) is 0 Å². The van der Waals surface area contributed by atoms with Crippen LogP contribution in [-0.4, -0.2) is 9.97 Å². The third-order valence-corrected chi connectivity index (χ3v) is 4.37. The van der Waals surface area contributed by atoms with Crippen LogP contribution in [0.5, 0.6) is 0 Å². The summed E-state index contributed by atoms with van der Waals surface area (Å²) in [7, 11) is 0. The smallest absolute Gasteiger partial charge is 0.149 e. The molecule has 1 aliphatic carbocycles. The van der Waals surface area contributed by atoms with Gasteiger partial charge in [-0.2, -0.15) is 0 Å². The molecule has 2 aromatic heterocycles. The van der Waals surface area contributed by atoms with Crippen LogP contribution >= 0.6 is 11.6 Å². The first-order valence-corrected chi connectivity index (χ1v) is 7.62. The van der Waals surface area contributed by atoms with E-state index in [9.17, 15) is 0 Å². The lowest BCUT2D eigenvalue weighted by Gasteiger charge is -2.31. The van der Waals surface area contributed by atoms with Crippen molar-refractivity contribution in [2.75, 3.05) is 5.32 Å². The van der Waals surface area contributed by atoms with Crippen LogP contribution in [0.15, 0.2) is 30.6 Å². The summed E-state index contributed by atoms with van der Waals surface area (Å²) in [5, 5.41) is 3.76. The predicted molar refractivity (Wildman–Crippen MR) is 85.8 cm³/mol. The summed E-state index contributed by atoms with van der Waals surface area (Å²) in [5.74, 6) is 1.20. The van der Waals surface area contributed by atoms with Crippen molar-refractivity contribution in [3.8, 4) is 0 Å². The molecule has 1 fully saturated rings. The van der Waals surface area contributed by atoms with Gasteiger partial charge in [0.15, 0.2) is 0 Å². The van der Waals surface area contributed by atoms with Crippen molar-refractivity contribution in [2.24, 2.45) is 11.7 Å². The number of anilines is 2. The maximum absolute atomic E-state index is 6.32. The van der Waals surface area contributed by atoms with E-state index in [0.717, 1.165) is 16.9 Å². The van der Waals surface area contributed by atoms with Gasteiger partial charge in [-0.25, -0.2) is 4.98 Å². The van der Waals surface area contributed by atoms with Gasteiger partial charge in [-0.1, -0.05) is 18.0 Å². The van der Waals surface area contributed by atoms with Crippen molar-refractivity contribution >= 4 is 23.1 Å². The Kier molecular flexibility index (Phi) is 4.08. The Bertz CT molecular complexity index is 623. The fourth-order valence-corrected chi connectivity index (χ4v) is 2.70. The number of halogens is 1. The molecule has 3 rings (SSSR count). The third kappa shape index (κ3) is 3.17. The first kappa shape index (κ1) is 14.3. The van der Waals surface area contributed by atoms with Crippen molar-refractivity contribution in [1.29, 1.82) is 0 Å². The van der Waals surface area contributed by atoms with Crippen LogP contribution in [-0.2, 0) is 0 Å². The minimum atomic E-state index is 0.0406. The maximum Gasteiger partial charge on any atom is 0.149 e. The van der Waals surface area contributed by atoms with E-state index in [1.165, 1.54) is 19.3 Å². The molecule has 1 saturated carbocycles. The Balaban J connectivity index is 1.76. The Morgan fingerprint density at radius 3 is 2.67 bits per heavy atom. The van der Waals surface area contributed by atoms with E-state index >= 15 is 0 Å². The zero-order valence-electron chi connectivity index (χ0n) is 12.0. The molecule has 0 unspecified atom stereocenters. The summed E-state index contributed by atoms with van der Waals surface area (Å²) in [6.07, 6.45) is 7.27. The van der Waals surface area contributed by atoms with Gasteiger partial charge in [0.25, 0.3) is 0 Å². The highest BCUT2D eigenvalue weighted by atomic mass is 35.5. The molecule has 0 saturated heterocycles. The molecule has 0 aliphatic heterocycles. The normalized spacial score (nSPS) is 16.3. The second-order valence-corrected chi connectivity index (χ2v) is 6.04. The molecule has 0 aromatic carbocycles. The minimum absolute atomic E-state index is 0.0406. The lowest BCUT2D eigenvalue weighted by Crippen LogP contribution is -2.26. The number of aryl methyl sites for hydroxylation is 1. The number of aromatic nitrogens is 2. The van der Waals surface area contributed by atoms with Gasteiger partial charge < -0.3 is 11.1 Å². The first-order chi connectivity index (χ1) is 10.1. The first-order valence-electron chi connectivity index (χ1n) is 7.24. The number of nitrogens with zero attached hydrogens (tertiary/aromatic N) is 2. The van der Waals surface area contributed by atoms with E-state index in [2.05, 4.69) is 15.3 Å². The molecule has 0 bridgehead atoms. The van der Waals surface area contributed by atoms with Gasteiger partial charge in [-0.05, 0) is 49.4 Å². The van der Waals surface area contributed by atoms with E-state index in [4.69, 9.17) is 17.3 Å². The van der Waals surface area contributed by atoms with Gasteiger partial charge >= 0.3 is 0 Å². The topological polar surface area (TPSA) is 63.8 Å². The van der Waals surface area contributed by atoms with Crippen LogP contribution in [0.4, 0.5) is 11.5 Å². The molecule has 4 nitrogen and oxygen atoms in total. The molecule has 0 amide bonds. The molecule has 1 aliphatic rings. The fraction of sp³-hybridized carbons (Fsp3) is 0.375. The van der Waals surface area contributed by atoms with E-state index < -0.39 is 0 Å². The second-order valence-electron chi connectivity index (χ2n) is 5.63. The van der Waals surface area contributed by atoms with Crippen molar-refractivity contribution in [2.45, 2.75) is 32.2 Å². The Morgan fingerprint density at radius 2 is 2.10 bits per heavy atom. The molecule has 2 aromatic rings. The average Bonchev–Trinajstić information content (AvgIpc) is 2.41. The third-order valence-electron chi connectivity index (χ3n) is 4.08. The molecule has 5 heteroatoms. The number of hydrogen-bond donors (Lipinski definition) is 2. The number of hydrogen-bond acceptors (Lipinski definition) is 4. The van der Waals surface area contributed by atoms with Crippen LogP contribution in [0, 0.1) is 12.8 Å². The van der Waals surface area contributed by atoms with Crippen molar-refractivity contribution in [3.05, 3.63) is 46.9 Å². The van der Waals surface area contributed by atoms with Crippen LogP contribution in [0.2, 0.25) is 5.02 Å². The zero-order valence-corrected chi connectivity index (χ0v) is 12.8. The predicted octanol–water partition coefficient (Wildman–Crippen LogP) is 3.98. The molecule has 0 spiro atoms. The number of pyridine rings is 2. The summed E-state index contributed by atoms with van der Waals surface area (Å²) in [5.41, 5.74) is 9.11. The molecule has 3 N–H and O–H groups in total. The maximum atomic E-state index is 6.32. The lowest BCUT2D eigenvalue weighted by molar-refractivity contribution is 0.264. The van der Waals surface area contributed by atoms with Crippen LogP contribution < -0.4 is 11.1 Å². The molecule has 1 atom stereocenters. The highest BCUT2D eigenvalue weighted by Crippen LogP contribution is 2.37. The monoisotopic (exact) mass is 302 g/mol. The summed E-state index contributed by atoms with van der Waals surface area (Å²) in [6, 6.07) is 5.85. The fourth-order valence-electron chi connectivity index (χ4n) is 2.48. The van der Waals surface area contributed by atoms with Crippen LogP contribution in [0.1, 0.15) is 36.6 Å². The minimum Gasteiger partial charge on any atom is -0.338 e. The molecule has 2 heterocycles. The standard InChI is InChI=1S/C16H19ClN4/c1-10-5-6-13(9-19-10)21-16-14(17)7-12(8-20-16)15(18)11-3-2-4-11/h5-9,11,15H,2-4,18H2,1H3,(H,20,21)/t15-/m1/s1. The van der Waals surface area contributed by atoms with Gasteiger partial charge in [-0.3, -0.25) is 4.98 Å². The summed E-state index contributed by atoms with van der Waals surface area (Å²) < 4.78 is 0. The van der Waals surface area contributed by atoms with Gasteiger partial charge in [0.2, 0.25) is 0 Å². The van der Waals surface area contributed by atoms with Gasteiger partial charge in [-0.15, -0.1) is 0 Å². The highest BCUT2D eigenvalue weighted by Gasteiger charge is 2.26. The Labute approximate surface area is 129 Å². The molecular weight excluding hydrogens is 284 g/mol. The quantitative estimate of drug-likeness (QED) is 0.896. The van der Waals surface area contributed by atoms with E-state index in [0.29, 0.717) is 16.8 Å². The summed E-state index contributed by atoms with van der Waals surface area (Å²) >= 11 is 6.32. The highest BCUT2D eigenvalue weighted by molar-refractivity contribution is 6.33. The molecule has 0 radical (unpaired) electrons. The Morgan fingerprint density at radius 1 is 1.29 bits per heavy atom. The van der Waals surface area contributed by atoms with Gasteiger partial charge in [0, 0.05) is 17.9 Å². The van der Waals surface area contributed by atoms with Crippen LogP contribution in [0.25, 0.3) is 0 Å². The summed E-state index contributed by atoms with van der Waals surface area (Å²) in [6.45, 7) is 1.95. The van der Waals surface area contributed by atoms with E-state index in [1.54, 1.807) is 6.20 Å². The number of nitrogens with two attached hydrogens (primary N) is 1. The number of nitrogens with one attached hydrogen (secondary N) is 1. The van der Waals surface area contributed by atoms with Crippen LogP contribution in [0.3, 0.4) is 0 Å². The van der Waals surface area contributed by atoms with E-state index in [1.807, 2.05) is 31.3 Å². The molecular formula is C16H19ClN4. The zero-order chi connectivity index (χ0) is 14.8. The Hall–Kier alpha value is -1.65. The largest absolute Gasteiger partial charge is 0.338 e. The van der Waals surface area contributed by atoms with Crippen molar-refractivity contribution < 1.29 is 0 Å². The van der Waals surface area contributed by atoms with Crippen molar-refractivity contribution in [1.82, 2.24) is 9.97 Å². The van der Waals surface area contributed by atoms with Gasteiger partial charge in [0.05, 0.1) is 16.9 Å². The number of rotatable bonds is 4. The molecule has 21 heavy (non-hydrogen) atoms. The summed E-state index contributed by atoms with van der Waals surface area (Å²) in [4.78, 5) is 8.65. The SMILES string of the molecule is Cc1ccc(Nc2ncc([C@H](N)C3CCC3)cc2Cl)cn1. The molecule has 110 valence electrons. The van der Waals surface area contributed by atoms with E-state index in [-0.39, 0.29) is 6.04 Å². The second kappa shape index (κ2) is 6.00. The average molecular weight is 303 g/mol.